The van der Waals surface area contributed by atoms with Crippen LogP contribution in [0.5, 0.6) is 0 Å². The van der Waals surface area contributed by atoms with E-state index in [0.29, 0.717) is 0 Å². The van der Waals surface area contributed by atoms with Gasteiger partial charge in [-0.05, 0) is 18.2 Å². The van der Waals surface area contributed by atoms with E-state index in [1.165, 1.54) is 6.21 Å². The van der Waals surface area contributed by atoms with Crippen LogP contribution in [0.15, 0.2) is 35.7 Å². The Morgan fingerprint density at radius 2 is 2.23 bits per heavy atom. The van der Waals surface area contributed by atoms with Crippen LogP contribution in [0.2, 0.25) is 0 Å². The molecule has 0 bridgehead atoms. The summed E-state index contributed by atoms with van der Waals surface area (Å²) >= 11 is 0. The van der Waals surface area contributed by atoms with Crippen LogP contribution in [0.1, 0.15) is 5.56 Å². The highest BCUT2D eigenvalue weighted by atomic mass is 16.4. The van der Waals surface area contributed by atoms with Gasteiger partial charge in [0.05, 0.1) is 17.2 Å². The standard InChI is InChI=1S/C9H7N3O/c13-12-6-7-4-9-8(11-5-7)2-1-3-10-9/h1-6,13H. The molecule has 4 nitrogen and oxygen atoms in total. The van der Waals surface area contributed by atoms with Crippen molar-refractivity contribution in [3.8, 4) is 0 Å². The van der Waals surface area contributed by atoms with E-state index in [1.54, 1.807) is 12.4 Å². The van der Waals surface area contributed by atoms with Gasteiger partial charge in [0, 0.05) is 18.0 Å². The second-order valence-corrected chi connectivity index (χ2v) is 2.55. The van der Waals surface area contributed by atoms with Crippen LogP contribution < -0.4 is 0 Å². The van der Waals surface area contributed by atoms with Gasteiger partial charge in [-0.2, -0.15) is 0 Å². The van der Waals surface area contributed by atoms with Crippen LogP contribution in [0, 0.1) is 0 Å². The lowest BCUT2D eigenvalue weighted by molar-refractivity contribution is 0.322. The SMILES string of the molecule is ON=Cc1cnc2cccnc2c1. The van der Waals surface area contributed by atoms with Gasteiger partial charge in [-0.3, -0.25) is 9.97 Å². The van der Waals surface area contributed by atoms with E-state index in [0.717, 1.165) is 16.6 Å². The van der Waals surface area contributed by atoms with Gasteiger partial charge < -0.3 is 5.21 Å². The number of aromatic nitrogens is 2. The molecule has 0 aliphatic carbocycles. The largest absolute Gasteiger partial charge is 0.411 e. The molecule has 0 aliphatic rings. The van der Waals surface area contributed by atoms with Crippen LogP contribution in [0.25, 0.3) is 11.0 Å². The molecule has 64 valence electrons. The normalized spacial score (nSPS) is 11.1. The van der Waals surface area contributed by atoms with Crippen molar-refractivity contribution in [2.75, 3.05) is 0 Å². The first-order chi connectivity index (χ1) is 6.40. The maximum Gasteiger partial charge on any atom is 0.0893 e. The van der Waals surface area contributed by atoms with Crippen LogP contribution in [0.3, 0.4) is 0 Å². The molecule has 4 heteroatoms. The second kappa shape index (κ2) is 3.18. The van der Waals surface area contributed by atoms with Crippen LogP contribution >= 0.6 is 0 Å². The Hall–Kier alpha value is -1.97. The van der Waals surface area contributed by atoms with Gasteiger partial charge in [-0.25, -0.2) is 0 Å². The summed E-state index contributed by atoms with van der Waals surface area (Å²) in [5.74, 6) is 0. The van der Waals surface area contributed by atoms with Crippen molar-refractivity contribution in [1.29, 1.82) is 0 Å². The monoisotopic (exact) mass is 173 g/mol. The molecule has 0 fully saturated rings. The topological polar surface area (TPSA) is 58.4 Å². The molecule has 0 atom stereocenters. The zero-order valence-electron chi connectivity index (χ0n) is 6.75. The Balaban J connectivity index is 2.62. The quantitative estimate of drug-likeness (QED) is 0.403. The third-order valence-electron chi connectivity index (χ3n) is 1.68. The average Bonchev–Trinajstić information content (AvgIpc) is 2.18. The molecule has 13 heavy (non-hydrogen) atoms. The predicted octanol–water partition coefficient (Wildman–Crippen LogP) is 1.44. The molecule has 0 spiro atoms. The van der Waals surface area contributed by atoms with Crippen molar-refractivity contribution < 1.29 is 5.21 Å². The maximum absolute atomic E-state index is 8.31. The smallest absolute Gasteiger partial charge is 0.0893 e. The fourth-order valence-corrected chi connectivity index (χ4v) is 1.11. The number of nitrogens with zero attached hydrogens (tertiary/aromatic N) is 3. The zero-order valence-corrected chi connectivity index (χ0v) is 6.75. The lowest BCUT2D eigenvalue weighted by atomic mass is 10.2. The van der Waals surface area contributed by atoms with Gasteiger partial charge in [0.15, 0.2) is 0 Å². The van der Waals surface area contributed by atoms with Gasteiger partial charge in [-0.15, -0.1) is 0 Å². The summed E-state index contributed by atoms with van der Waals surface area (Å²) in [5, 5.41) is 11.2. The molecule has 2 rings (SSSR count). The van der Waals surface area contributed by atoms with Crippen molar-refractivity contribution in [3.05, 3.63) is 36.2 Å². The van der Waals surface area contributed by atoms with Gasteiger partial charge in [0.2, 0.25) is 0 Å². The first-order valence-corrected chi connectivity index (χ1v) is 3.78. The highest BCUT2D eigenvalue weighted by molar-refractivity contribution is 5.85. The molecule has 1 N–H and O–H groups in total. The molecule has 0 radical (unpaired) electrons. The number of fused-ring (bicyclic) bond motifs is 1. The van der Waals surface area contributed by atoms with Gasteiger partial charge in [-0.1, -0.05) is 5.16 Å². The van der Waals surface area contributed by atoms with Crippen LogP contribution in [-0.4, -0.2) is 21.4 Å². The summed E-state index contributed by atoms with van der Waals surface area (Å²) in [6, 6.07) is 5.51. The molecule has 0 aliphatic heterocycles. The van der Waals surface area contributed by atoms with Gasteiger partial charge >= 0.3 is 0 Å². The van der Waals surface area contributed by atoms with E-state index in [2.05, 4.69) is 15.1 Å². The molecule has 0 amide bonds. The Labute approximate surface area is 74.6 Å². The maximum atomic E-state index is 8.31. The third kappa shape index (κ3) is 1.46. The number of pyridine rings is 2. The van der Waals surface area contributed by atoms with Crippen molar-refractivity contribution in [3.63, 3.8) is 0 Å². The minimum Gasteiger partial charge on any atom is -0.411 e. The summed E-state index contributed by atoms with van der Waals surface area (Å²) in [5.41, 5.74) is 2.35. The zero-order chi connectivity index (χ0) is 9.10. The molecule has 2 heterocycles. The van der Waals surface area contributed by atoms with Crippen LogP contribution in [0.4, 0.5) is 0 Å². The Morgan fingerprint density at radius 3 is 3.08 bits per heavy atom. The predicted molar refractivity (Wildman–Crippen MR) is 48.9 cm³/mol. The third-order valence-corrected chi connectivity index (χ3v) is 1.68. The summed E-state index contributed by atoms with van der Waals surface area (Å²) in [6.07, 6.45) is 4.65. The lowest BCUT2D eigenvalue weighted by Gasteiger charge is -1.95. The van der Waals surface area contributed by atoms with Crippen molar-refractivity contribution in [2.24, 2.45) is 5.16 Å². The summed E-state index contributed by atoms with van der Waals surface area (Å²) < 4.78 is 0. The molecule has 2 aromatic heterocycles. The molecule has 0 aromatic carbocycles. The number of oxime groups is 1. The first kappa shape index (κ1) is 7.67. The lowest BCUT2D eigenvalue weighted by Crippen LogP contribution is -1.86. The molecule has 0 saturated heterocycles. The van der Waals surface area contributed by atoms with Crippen molar-refractivity contribution in [1.82, 2.24) is 9.97 Å². The summed E-state index contributed by atoms with van der Waals surface area (Å²) in [6.45, 7) is 0. The molecular weight excluding hydrogens is 166 g/mol. The molecule has 0 unspecified atom stereocenters. The van der Waals surface area contributed by atoms with Crippen molar-refractivity contribution >= 4 is 17.2 Å². The first-order valence-electron chi connectivity index (χ1n) is 3.78. The Bertz CT molecular complexity index is 453. The van der Waals surface area contributed by atoms with E-state index in [9.17, 15) is 0 Å². The summed E-state index contributed by atoms with van der Waals surface area (Å²) in [4.78, 5) is 8.25. The fraction of sp³-hybridized carbons (Fsp3) is 0. The second-order valence-electron chi connectivity index (χ2n) is 2.55. The minimum absolute atomic E-state index is 0.730. The van der Waals surface area contributed by atoms with Crippen molar-refractivity contribution in [2.45, 2.75) is 0 Å². The van der Waals surface area contributed by atoms with Crippen LogP contribution in [-0.2, 0) is 0 Å². The minimum atomic E-state index is 0.730. The number of rotatable bonds is 1. The van der Waals surface area contributed by atoms with E-state index in [4.69, 9.17) is 5.21 Å². The number of hydrogen-bond acceptors (Lipinski definition) is 4. The molecular formula is C9H7N3O. The van der Waals surface area contributed by atoms with E-state index in [-0.39, 0.29) is 0 Å². The highest BCUT2D eigenvalue weighted by Crippen LogP contribution is 2.08. The molecule has 0 saturated carbocycles. The number of hydrogen-bond donors (Lipinski definition) is 1. The van der Waals surface area contributed by atoms with E-state index >= 15 is 0 Å². The van der Waals surface area contributed by atoms with Gasteiger partial charge in [0.1, 0.15) is 0 Å². The van der Waals surface area contributed by atoms with Gasteiger partial charge in [0.25, 0.3) is 0 Å². The fourth-order valence-electron chi connectivity index (χ4n) is 1.11. The summed E-state index contributed by atoms with van der Waals surface area (Å²) in [7, 11) is 0. The van der Waals surface area contributed by atoms with E-state index in [1.807, 2.05) is 18.2 Å². The average molecular weight is 173 g/mol. The highest BCUT2D eigenvalue weighted by Gasteiger charge is 1.95. The Kier molecular flexibility index (Phi) is 1.88. The van der Waals surface area contributed by atoms with E-state index < -0.39 is 0 Å². The Morgan fingerprint density at radius 1 is 1.31 bits per heavy atom. The molecule has 2 aromatic rings.